The predicted octanol–water partition coefficient (Wildman–Crippen LogP) is 2.04. The molecule has 4 heteroatoms. The van der Waals surface area contributed by atoms with Crippen molar-refractivity contribution in [3.8, 4) is 0 Å². The SMILES string of the molecule is CCCNC(CCN(C)CC1CCC1)C(=O)OCC. The van der Waals surface area contributed by atoms with Gasteiger partial charge >= 0.3 is 5.97 Å². The molecule has 0 aliphatic heterocycles. The van der Waals surface area contributed by atoms with Gasteiger partial charge in [-0.25, -0.2) is 0 Å². The van der Waals surface area contributed by atoms with Crippen molar-refractivity contribution in [2.75, 3.05) is 33.3 Å². The minimum atomic E-state index is -0.149. The van der Waals surface area contributed by atoms with Crippen LogP contribution in [0.15, 0.2) is 0 Å². The van der Waals surface area contributed by atoms with Gasteiger partial charge in [0.2, 0.25) is 0 Å². The molecule has 112 valence electrons. The van der Waals surface area contributed by atoms with Crippen LogP contribution in [0.3, 0.4) is 0 Å². The summed E-state index contributed by atoms with van der Waals surface area (Å²) in [5.41, 5.74) is 0. The van der Waals surface area contributed by atoms with Crippen LogP contribution in [-0.4, -0.2) is 50.2 Å². The summed E-state index contributed by atoms with van der Waals surface area (Å²) in [6.45, 7) is 7.42. The van der Waals surface area contributed by atoms with E-state index in [1.165, 1.54) is 25.8 Å². The Bertz CT molecular complexity index is 255. The molecule has 1 rings (SSSR count). The van der Waals surface area contributed by atoms with Gasteiger partial charge in [0.1, 0.15) is 6.04 Å². The molecule has 1 aliphatic rings. The van der Waals surface area contributed by atoms with Crippen LogP contribution in [-0.2, 0) is 9.53 Å². The summed E-state index contributed by atoms with van der Waals surface area (Å²) < 4.78 is 5.13. The number of hydrogen-bond acceptors (Lipinski definition) is 4. The average Bonchev–Trinajstić information content (AvgIpc) is 2.34. The zero-order valence-electron chi connectivity index (χ0n) is 12.8. The predicted molar refractivity (Wildman–Crippen MR) is 78.2 cm³/mol. The minimum Gasteiger partial charge on any atom is -0.465 e. The fourth-order valence-corrected chi connectivity index (χ4v) is 2.42. The van der Waals surface area contributed by atoms with E-state index in [-0.39, 0.29) is 12.0 Å². The van der Waals surface area contributed by atoms with Crippen molar-refractivity contribution in [1.29, 1.82) is 0 Å². The molecule has 0 aromatic rings. The quantitative estimate of drug-likeness (QED) is 0.617. The number of ether oxygens (including phenoxy) is 1. The Kier molecular flexibility index (Phi) is 8.07. The number of nitrogens with zero attached hydrogens (tertiary/aromatic N) is 1. The average molecular weight is 270 g/mol. The third kappa shape index (κ3) is 6.39. The van der Waals surface area contributed by atoms with Crippen LogP contribution in [0.25, 0.3) is 0 Å². The van der Waals surface area contributed by atoms with E-state index in [9.17, 15) is 4.79 Å². The third-order valence-corrected chi connectivity index (χ3v) is 3.81. The fraction of sp³-hybridized carbons (Fsp3) is 0.933. The second-order valence-corrected chi connectivity index (χ2v) is 5.61. The van der Waals surface area contributed by atoms with Gasteiger partial charge in [-0.15, -0.1) is 0 Å². The van der Waals surface area contributed by atoms with Crippen molar-refractivity contribution in [2.45, 2.75) is 52.0 Å². The van der Waals surface area contributed by atoms with E-state index in [4.69, 9.17) is 4.74 Å². The normalized spacial score (nSPS) is 17.3. The number of carbonyl (C=O) groups excluding carboxylic acids is 1. The van der Waals surface area contributed by atoms with Gasteiger partial charge in [0.05, 0.1) is 6.61 Å². The Hall–Kier alpha value is -0.610. The molecule has 0 heterocycles. The van der Waals surface area contributed by atoms with Gasteiger partial charge < -0.3 is 15.0 Å². The molecule has 19 heavy (non-hydrogen) atoms. The lowest BCUT2D eigenvalue weighted by Gasteiger charge is -2.30. The van der Waals surface area contributed by atoms with Crippen LogP contribution in [0.2, 0.25) is 0 Å². The Morgan fingerprint density at radius 3 is 2.68 bits per heavy atom. The molecule has 0 aromatic heterocycles. The molecule has 1 N–H and O–H groups in total. The van der Waals surface area contributed by atoms with E-state index in [2.05, 4.69) is 24.2 Å². The van der Waals surface area contributed by atoms with Crippen molar-refractivity contribution in [1.82, 2.24) is 10.2 Å². The second-order valence-electron chi connectivity index (χ2n) is 5.61. The van der Waals surface area contributed by atoms with Crippen LogP contribution in [0.5, 0.6) is 0 Å². The van der Waals surface area contributed by atoms with E-state index in [0.717, 1.165) is 31.8 Å². The number of hydrogen-bond donors (Lipinski definition) is 1. The van der Waals surface area contributed by atoms with E-state index in [1.54, 1.807) is 0 Å². The lowest BCUT2D eigenvalue weighted by molar-refractivity contribution is -0.145. The summed E-state index contributed by atoms with van der Waals surface area (Å²) in [5, 5.41) is 3.29. The summed E-state index contributed by atoms with van der Waals surface area (Å²) in [7, 11) is 2.15. The molecule has 0 saturated heterocycles. The lowest BCUT2D eigenvalue weighted by Crippen LogP contribution is -2.41. The minimum absolute atomic E-state index is 0.104. The molecule has 0 bridgehead atoms. The number of esters is 1. The van der Waals surface area contributed by atoms with Gasteiger partial charge in [-0.2, -0.15) is 0 Å². The highest BCUT2D eigenvalue weighted by Gasteiger charge is 2.22. The van der Waals surface area contributed by atoms with E-state index in [0.29, 0.717) is 6.61 Å². The summed E-state index contributed by atoms with van der Waals surface area (Å²) in [6, 6.07) is -0.149. The monoisotopic (exact) mass is 270 g/mol. The maximum absolute atomic E-state index is 11.8. The van der Waals surface area contributed by atoms with Gasteiger partial charge in [-0.05, 0) is 58.7 Å². The molecule has 0 amide bonds. The Labute approximate surface area is 117 Å². The van der Waals surface area contributed by atoms with E-state index < -0.39 is 0 Å². The molecule has 0 spiro atoms. The molecule has 1 fully saturated rings. The summed E-state index contributed by atoms with van der Waals surface area (Å²) >= 11 is 0. The number of rotatable bonds is 10. The van der Waals surface area contributed by atoms with Crippen molar-refractivity contribution < 1.29 is 9.53 Å². The molecular weight excluding hydrogens is 240 g/mol. The van der Waals surface area contributed by atoms with Gasteiger partial charge in [-0.3, -0.25) is 4.79 Å². The highest BCUT2D eigenvalue weighted by Crippen LogP contribution is 2.26. The third-order valence-electron chi connectivity index (χ3n) is 3.81. The maximum atomic E-state index is 11.8. The number of carbonyl (C=O) groups is 1. The number of nitrogens with one attached hydrogen (secondary N) is 1. The molecule has 1 atom stereocenters. The zero-order valence-corrected chi connectivity index (χ0v) is 12.8. The van der Waals surface area contributed by atoms with E-state index in [1.807, 2.05) is 6.92 Å². The van der Waals surface area contributed by atoms with Crippen molar-refractivity contribution in [3.63, 3.8) is 0 Å². The first-order chi connectivity index (χ1) is 9.17. The van der Waals surface area contributed by atoms with Crippen LogP contribution < -0.4 is 5.32 Å². The molecule has 4 nitrogen and oxygen atoms in total. The highest BCUT2D eigenvalue weighted by atomic mass is 16.5. The second kappa shape index (κ2) is 9.32. The van der Waals surface area contributed by atoms with Crippen LogP contribution >= 0.6 is 0 Å². The standard InChI is InChI=1S/C15H30N2O2/c1-4-10-16-14(15(18)19-5-2)9-11-17(3)12-13-7-6-8-13/h13-14,16H,4-12H2,1-3H3. The molecule has 0 radical (unpaired) electrons. The van der Waals surface area contributed by atoms with Gasteiger partial charge in [0.15, 0.2) is 0 Å². The Morgan fingerprint density at radius 1 is 1.42 bits per heavy atom. The van der Waals surface area contributed by atoms with Crippen molar-refractivity contribution in [2.24, 2.45) is 5.92 Å². The van der Waals surface area contributed by atoms with Crippen LogP contribution in [0.4, 0.5) is 0 Å². The lowest BCUT2D eigenvalue weighted by atomic mass is 9.85. The van der Waals surface area contributed by atoms with Gasteiger partial charge in [-0.1, -0.05) is 13.3 Å². The largest absolute Gasteiger partial charge is 0.465 e. The first kappa shape index (κ1) is 16.4. The van der Waals surface area contributed by atoms with Crippen LogP contribution in [0, 0.1) is 5.92 Å². The molecule has 1 unspecified atom stereocenters. The van der Waals surface area contributed by atoms with Crippen molar-refractivity contribution >= 4 is 5.97 Å². The first-order valence-corrected chi connectivity index (χ1v) is 7.75. The zero-order chi connectivity index (χ0) is 14.1. The molecule has 1 saturated carbocycles. The highest BCUT2D eigenvalue weighted by molar-refractivity contribution is 5.75. The van der Waals surface area contributed by atoms with Crippen LogP contribution in [0.1, 0.15) is 46.0 Å². The molecule has 1 aliphatic carbocycles. The van der Waals surface area contributed by atoms with Gasteiger partial charge in [0.25, 0.3) is 0 Å². The fourth-order valence-electron chi connectivity index (χ4n) is 2.42. The summed E-state index contributed by atoms with van der Waals surface area (Å²) in [4.78, 5) is 14.2. The van der Waals surface area contributed by atoms with Gasteiger partial charge in [0, 0.05) is 6.54 Å². The Morgan fingerprint density at radius 2 is 2.16 bits per heavy atom. The Balaban J connectivity index is 2.26. The molecule has 0 aromatic carbocycles. The summed E-state index contributed by atoms with van der Waals surface area (Å²) in [6.07, 6.45) is 6.01. The first-order valence-electron chi connectivity index (χ1n) is 7.75. The van der Waals surface area contributed by atoms with E-state index >= 15 is 0 Å². The van der Waals surface area contributed by atoms with Crippen molar-refractivity contribution in [3.05, 3.63) is 0 Å². The molecular formula is C15H30N2O2. The smallest absolute Gasteiger partial charge is 0.323 e. The topological polar surface area (TPSA) is 41.6 Å². The maximum Gasteiger partial charge on any atom is 0.323 e. The summed E-state index contributed by atoms with van der Waals surface area (Å²) in [5.74, 6) is 0.780.